The predicted octanol–water partition coefficient (Wildman–Crippen LogP) is 6.44. The number of aromatic amines is 1. The van der Waals surface area contributed by atoms with Crippen LogP contribution < -0.4 is 28.2 Å². The summed E-state index contributed by atoms with van der Waals surface area (Å²) in [4.78, 5) is 23.9. The molecule has 0 bridgehead atoms. The van der Waals surface area contributed by atoms with E-state index in [2.05, 4.69) is 47.1 Å². The monoisotopic (exact) mass is 682 g/mol. The van der Waals surface area contributed by atoms with E-state index in [-0.39, 0.29) is 28.5 Å². The minimum Gasteiger partial charge on any atom is -0.370 e. The average Bonchev–Trinajstić information content (AvgIpc) is 3.41. The van der Waals surface area contributed by atoms with Gasteiger partial charge in [0, 0.05) is 41.8 Å². The Balaban J connectivity index is 0.000000286. The normalized spacial score (nSPS) is 12.8. The molecule has 2 aromatic carbocycles. The number of rotatable bonds is 11. The van der Waals surface area contributed by atoms with Crippen molar-refractivity contribution in [1.29, 1.82) is 0 Å². The van der Waals surface area contributed by atoms with E-state index in [1.807, 2.05) is 64.2 Å². The van der Waals surface area contributed by atoms with Gasteiger partial charge in [0.15, 0.2) is 5.96 Å². The lowest BCUT2D eigenvalue weighted by Crippen LogP contribution is -2.23. The summed E-state index contributed by atoms with van der Waals surface area (Å²) in [5.74, 6) is 0.123. The number of aromatic nitrogens is 3. The van der Waals surface area contributed by atoms with Gasteiger partial charge in [0.1, 0.15) is 5.65 Å². The molecule has 0 spiro atoms. The van der Waals surface area contributed by atoms with Gasteiger partial charge in [-0.2, -0.15) is 18.2 Å². The summed E-state index contributed by atoms with van der Waals surface area (Å²) in [7, 11) is 0. The van der Waals surface area contributed by atoms with Gasteiger partial charge in [-0.3, -0.25) is 9.56 Å². The fourth-order valence-electron chi connectivity index (χ4n) is 5.06. The molecule has 0 radical (unpaired) electrons. The van der Waals surface area contributed by atoms with Gasteiger partial charge in [-0.15, -0.1) is 0 Å². The third-order valence-corrected chi connectivity index (χ3v) is 7.98. The molecule has 12 heteroatoms. The zero-order valence-corrected chi connectivity index (χ0v) is 29.8. The number of H-pyrrole nitrogens is 1. The first-order chi connectivity index (χ1) is 22.7. The molecule has 268 valence electrons. The van der Waals surface area contributed by atoms with E-state index in [4.69, 9.17) is 17.2 Å². The van der Waals surface area contributed by atoms with Crippen LogP contribution in [0.5, 0.6) is 0 Å². The number of hydrogen-bond acceptors (Lipinski definition) is 5. The molecular formula is C37H53F3N8O. The third-order valence-electron chi connectivity index (χ3n) is 7.98. The largest absolute Gasteiger partial charge is 0.416 e. The quantitative estimate of drug-likeness (QED) is 0.0698. The van der Waals surface area contributed by atoms with Crippen LogP contribution >= 0.6 is 0 Å². The van der Waals surface area contributed by atoms with Crippen molar-refractivity contribution in [3.63, 3.8) is 0 Å². The molecule has 49 heavy (non-hydrogen) atoms. The van der Waals surface area contributed by atoms with E-state index in [1.165, 1.54) is 12.1 Å². The third kappa shape index (κ3) is 12.3. The molecule has 2 aromatic heterocycles. The molecule has 2 heterocycles. The molecule has 0 amide bonds. The fourth-order valence-corrected chi connectivity index (χ4v) is 5.06. The van der Waals surface area contributed by atoms with E-state index in [0.29, 0.717) is 18.6 Å². The minimum absolute atomic E-state index is 0.0352. The van der Waals surface area contributed by atoms with Gasteiger partial charge in [-0.25, -0.2) is 4.79 Å². The van der Waals surface area contributed by atoms with Crippen molar-refractivity contribution < 1.29 is 13.2 Å². The van der Waals surface area contributed by atoms with Crippen molar-refractivity contribution in [1.82, 2.24) is 19.9 Å². The highest BCUT2D eigenvalue weighted by molar-refractivity contribution is 5.76. The standard InChI is InChI=1S/C21H29N7O.C16H24F3N/c1-21(2,3)17-11-15-13-28(20(29)27-18(15)26-17)16-7-5-14(6-8-16)12-24-9-4-10-25-19(22)23;1-11(20)6-5-7-12-8-13(15(2,3)4)10-14(9-12)16(17,18)19/h5-8,11,13,24H,4,9-10,12H2,1-3H3,(H4,22,23,25)(H,26,27,29);8-11H,5-7,20H2,1-4H3/t;11-/m.1/s1. The highest BCUT2D eigenvalue weighted by Crippen LogP contribution is 2.34. The van der Waals surface area contributed by atoms with Crippen molar-refractivity contribution in [3.05, 3.63) is 93.2 Å². The van der Waals surface area contributed by atoms with Crippen molar-refractivity contribution >= 4 is 17.0 Å². The molecule has 0 fully saturated rings. The van der Waals surface area contributed by atoms with Gasteiger partial charge in [0.2, 0.25) is 0 Å². The molecule has 4 aromatic rings. The summed E-state index contributed by atoms with van der Waals surface area (Å²) in [6.45, 7) is 16.2. The molecule has 0 aliphatic carbocycles. The van der Waals surface area contributed by atoms with Crippen molar-refractivity contribution in [3.8, 4) is 5.69 Å². The molecule has 9 nitrogen and oxygen atoms in total. The molecule has 0 unspecified atom stereocenters. The number of alkyl halides is 3. The van der Waals surface area contributed by atoms with E-state index >= 15 is 0 Å². The van der Waals surface area contributed by atoms with Crippen LogP contribution in [0.3, 0.4) is 0 Å². The molecule has 1 atom stereocenters. The number of aliphatic imine (C=N–C) groups is 1. The first kappa shape index (κ1) is 39.3. The van der Waals surface area contributed by atoms with Crippen molar-refractivity contribution in [2.24, 2.45) is 22.2 Å². The number of nitrogens with zero attached hydrogens (tertiary/aromatic N) is 3. The van der Waals surface area contributed by atoms with Gasteiger partial charge >= 0.3 is 11.9 Å². The Morgan fingerprint density at radius 3 is 2.16 bits per heavy atom. The predicted molar refractivity (Wildman–Crippen MR) is 194 cm³/mol. The number of hydrogen-bond donors (Lipinski definition) is 5. The van der Waals surface area contributed by atoms with Gasteiger partial charge in [-0.1, -0.05) is 59.7 Å². The second kappa shape index (κ2) is 16.5. The van der Waals surface area contributed by atoms with Crippen molar-refractivity contribution in [2.45, 2.75) is 104 Å². The second-order valence-corrected chi connectivity index (χ2v) is 14.7. The Hall–Kier alpha value is -4.16. The maximum Gasteiger partial charge on any atom is 0.416 e. The Morgan fingerprint density at radius 1 is 0.939 bits per heavy atom. The molecule has 0 aliphatic heterocycles. The van der Waals surface area contributed by atoms with Crippen LogP contribution in [0, 0.1) is 0 Å². The molecule has 0 aliphatic rings. The van der Waals surface area contributed by atoms with Crippen LogP contribution in [-0.2, 0) is 30.0 Å². The minimum atomic E-state index is -4.29. The van der Waals surface area contributed by atoms with E-state index in [1.54, 1.807) is 4.57 Å². The summed E-state index contributed by atoms with van der Waals surface area (Å²) in [5.41, 5.74) is 20.2. The average molecular weight is 683 g/mol. The Labute approximate surface area is 287 Å². The maximum absolute atomic E-state index is 13.0. The van der Waals surface area contributed by atoms with E-state index in [9.17, 15) is 18.0 Å². The van der Waals surface area contributed by atoms with Gasteiger partial charge < -0.3 is 27.5 Å². The number of nitrogens with two attached hydrogens (primary N) is 3. The van der Waals surface area contributed by atoms with Gasteiger partial charge in [0.25, 0.3) is 0 Å². The van der Waals surface area contributed by atoms with E-state index in [0.717, 1.165) is 65.8 Å². The molecular weight excluding hydrogens is 629 g/mol. The fraction of sp³-hybridized carbons (Fsp3) is 0.486. The smallest absolute Gasteiger partial charge is 0.370 e. The Morgan fingerprint density at radius 2 is 1.59 bits per heavy atom. The molecule has 0 saturated heterocycles. The highest BCUT2D eigenvalue weighted by Gasteiger charge is 2.32. The molecule has 8 N–H and O–H groups in total. The van der Waals surface area contributed by atoms with Gasteiger partial charge in [-0.05, 0) is 91.6 Å². The zero-order valence-electron chi connectivity index (χ0n) is 29.8. The number of aryl methyl sites for hydroxylation is 1. The number of fused-ring (bicyclic) bond motifs is 1. The summed E-state index contributed by atoms with van der Waals surface area (Å²) in [6, 6.07) is 14.4. The van der Waals surface area contributed by atoms with E-state index < -0.39 is 11.7 Å². The number of halogens is 3. The van der Waals surface area contributed by atoms with Crippen LogP contribution in [0.4, 0.5) is 13.2 Å². The lowest BCUT2D eigenvalue weighted by atomic mass is 9.84. The lowest BCUT2D eigenvalue weighted by Gasteiger charge is -2.22. The Kier molecular flexibility index (Phi) is 13.2. The first-order valence-corrected chi connectivity index (χ1v) is 16.7. The number of nitrogens with one attached hydrogen (secondary N) is 2. The topological polar surface area (TPSA) is 153 Å². The van der Waals surface area contributed by atoms with Crippen LogP contribution in [0.25, 0.3) is 16.7 Å². The van der Waals surface area contributed by atoms with Crippen LogP contribution in [0.1, 0.15) is 95.7 Å². The van der Waals surface area contributed by atoms with Crippen LogP contribution in [0.15, 0.2) is 64.5 Å². The lowest BCUT2D eigenvalue weighted by molar-refractivity contribution is -0.137. The van der Waals surface area contributed by atoms with Crippen molar-refractivity contribution in [2.75, 3.05) is 13.1 Å². The SMILES string of the molecule is CC(C)(C)c1cc2cn(-c3ccc(CNCCCN=C(N)N)cc3)c(=O)nc2[nH]1.C[C@@H](N)CCCc1cc(C(C)(C)C)cc(C(F)(F)F)c1. The molecule has 0 saturated carbocycles. The number of guanidine groups is 1. The van der Waals surface area contributed by atoms with Crippen LogP contribution in [0.2, 0.25) is 0 Å². The van der Waals surface area contributed by atoms with Crippen LogP contribution in [-0.4, -0.2) is 39.6 Å². The summed E-state index contributed by atoms with van der Waals surface area (Å²) < 4.78 is 40.5. The maximum atomic E-state index is 13.0. The highest BCUT2D eigenvalue weighted by atomic mass is 19.4. The summed E-state index contributed by atoms with van der Waals surface area (Å²) >= 11 is 0. The first-order valence-electron chi connectivity index (χ1n) is 16.7. The summed E-state index contributed by atoms with van der Waals surface area (Å²) in [6.07, 6.45) is 0.674. The molecule has 4 rings (SSSR count). The number of benzene rings is 2. The Bertz CT molecular complexity index is 1710. The zero-order chi connectivity index (χ0) is 36.6. The second-order valence-electron chi connectivity index (χ2n) is 14.7. The summed E-state index contributed by atoms with van der Waals surface area (Å²) in [5, 5.41) is 4.27. The van der Waals surface area contributed by atoms with Gasteiger partial charge in [0.05, 0.1) is 11.3 Å².